The third-order valence-electron chi connectivity index (χ3n) is 2.93. The van der Waals surface area contributed by atoms with Gasteiger partial charge in [-0.1, -0.05) is 0 Å². The number of oxazole rings is 1. The number of rotatable bonds is 3. The molecule has 0 aliphatic carbocycles. The molecule has 0 amide bonds. The van der Waals surface area contributed by atoms with Gasteiger partial charge < -0.3 is 9.15 Å². The summed E-state index contributed by atoms with van der Waals surface area (Å²) in [4.78, 5) is 5.65. The molecule has 0 bridgehead atoms. The standard InChI is InChI=1S/C14H15NO2S/c1-2-16-13-9-15-14(17-13)11-5-6-12-10(8-11)4-3-7-18-12/h5-6,8-9H,2-4,7H2,1H3. The number of nitrogens with zero attached hydrogens (tertiary/aromatic N) is 1. The van der Waals surface area contributed by atoms with Gasteiger partial charge >= 0.3 is 5.95 Å². The van der Waals surface area contributed by atoms with Gasteiger partial charge in [-0.2, -0.15) is 0 Å². The summed E-state index contributed by atoms with van der Waals surface area (Å²) < 4.78 is 10.8. The quantitative estimate of drug-likeness (QED) is 0.842. The number of aromatic nitrogens is 1. The van der Waals surface area contributed by atoms with E-state index in [1.807, 2.05) is 18.7 Å². The minimum atomic E-state index is 0.486. The Bertz CT molecular complexity index is 550. The van der Waals surface area contributed by atoms with Crippen LogP contribution in [0.2, 0.25) is 0 Å². The molecule has 0 saturated heterocycles. The highest BCUT2D eigenvalue weighted by Crippen LogP contribution is 2.33. The number of fused-ring (bicyclic) bond motifs is 1. The van der Waals surface area contributed by atoms with Crippen LogP contribution in [0.3, 0.4) is 0 Å². The molecular weight excluding hydrogens is 246 g/mol. The molecule has 0 spiro atoms. The predicted molar refractivity (Wildman–Crippen MR) is 72.2 cm³/mol. The molecule has 3 nitrogen and oxygen atoms in total. The molecule has 2 heterocycles. The molecule has 0 radical (unpaired) electrons. The fraction of sp³-hybridized carbons (Fsp3) is 0.357. The Morgan fingerprint density at radius 2 is 2.39 bits per heavy atom. The van der Waals surface area contributed by atoms with E-state index in [1.54, 1.807) is 6.20 Å². The maximum absolute atomic E-state index is 5.56. The number of hydrogen-bond acceptors (Lipinski definition) is 4. The molecule has 3 rings (SSSR count). The third kappa shape index (κ3) is 2.25. The highest BCUT2D eigenvalue weighted by atomic mass is 32.2. The van der Waals surface area contributed by atoms with Gasteiger partial charge in [-0.05, 0) is 49.3 Å². The second-order valence-corrected chi connectivity index (χ2v) is 5.33. The van der Waals surface area contributed by atoms with Gasteiger partial charge in [0.2, 0.25) is 5.89 Å². The van der Waals surface area contributed by atoms with Crippen LogP contribution in [0.1, 0.15) is 18.9 Å². The van der Waals surface area contributed by atoms with Gasteiger partial charge in [0.25, 0.3) is 0 Å². The zero-order valence-electron chi connectivity index (χ0n) is 10.3. The Kier molecular flexibility index (Phi) is 3.28. The van der Waals surface area contributed by atoms with E-state index in [4.69, 9.17) is 9.15 Å². The van der Waals surface area contributed by atoms with Crippen LogP contribution in [0.25, 0.3) is 11.5 Å². The molecule has 0 fully saturated rings. The molecule has 1 aliphatic heterocycles. The van der Waals surface area contributed by atoms with Crippen LogP contribution in [0.5, 0.6) is 5.95 Å². The van der Waals surface area contributed by atoms with E-state index in [1.165, 1.54) is 22.6 Å². The van der Waals surface area contributed by atoms with Gasteiger partial charge in [0, 0.05) is 10.5 Å². The molecule has 0 saturated carbocycles. The summed E-state index contributed by atoms with van der Waals surface area (Å²) in [6, 6.07) is 6.42. The highest BCUT2D eigenvalue weighted by molar-refractivity contribution is 7.99. The maximum atomic E-state index is 5.56. The number of hydrogen-bond donors (Lipinski definition) is 0. The van der Waals surface area contributed by atoms with Gasteiger partial charge in [0.05, 0.1) is 6.61 Å². The molecule has 0 atom stereocenters. The van der Waals surface area contributed by atoms with Crippen molar-refractivity contribution in [3.63, 3.8) is 0 Å². The van der Waals surface area contributed by atoms with E-state index in [0.29, 0.717) is 18.4 Å². The van der Waals surface area contributed by atoms with Crippen LogP contribution in [0.4, 0.5) is 0 Å². The molecule has 0 N–H and O–H groups in total. The van der Waals surface area contributed by atoms with Crippen molar-refractivity contribution in [2.45, 2.75) is 24.7 Å². The highest BCUT2D eigenvalue weighted by Gasteiger charge is 2.13. The number of ether oxygens (including phenoxy) is 1. The first kappa shape index (κ1) is 11.7. The van der Waals surface area contributed by atoms with Crippen molar-refractivity contribution in [1.82, 2.24) is 4.98 Å². The summed E-state index contributed by atoms with van der Waals surface area (Å²) in [5, 5.41) is 0. The van der Waals surface area contributed by atoms with E-state index in [2.05, 4.69) is 23.2 Å². The Hall–Kier alpha value is -1.42. The van der Waals surface area contributed by atoms with Crippen molar-refractivity contribution >= 4 is 11.8 Å². The van der Waals surface area contributed by atoms with Crippen molar-refractivity contribution in [2.75, 3.05) is 12.4 Å². The predicted octanol–water partition coefficient (Wildman–Crippen LogP) is 3.78. The fourth-order valence-corrected chi connectivity index (χ4v) is 3.11. The second-order valence-electron chi connectivity index (χ2n) is 4.19. The van der Waals surface area contributed by atoms with E-state index >= 15 is 0 Å². The second kappa shape index (κ2) is 5.06. The van der Waals surface area contributed by atoms with Crippen molar-refractivity contribution in [1.29, 1.82) is 0 Å². The first-order valence-corrected chi connectivity index (χ1v) is 7.20. The molecule has 18 heavy (non-hydrogen) atoms. The minimum Gasteiger partial charge on any atom is -0.464 e. The molecule has 1 aliphatic rings. The Morgan fingerprint density at radius 3 is 3.28 bits per heavy atom. The van der Waals surface area contributed by atoms with E-state index in [9.17, 15) is 0 Å². The van der Waals surface area contributed by atoms with Gasteiger partial charge in [-0.15, -0.1) is 11.8 Å². The van der Waals surface area contributed by atoms with Crippen molar-refractivity contribution in [2.24, 2.45) is 0 Å². The van der Waals surface area contributed by atoms with Crippen LogP contribution in [0, 0.1) is 0 Å². The molecule has 94 valence electrons. The van der Waals surface area contributed by atoms with Crippen LogP contribution < -0.4 is 4.74 Å². The Labute approximate surface area is 111 Å². The largest absolute Gasteiger partial charge is 0.464 e. The van der Waals surface area contributed by atoms with E-state index < -0.39 is 0 Å². The van der Waals surface area contributed by atoms with Crippen LogP contribution in [-0.2, 0) is 6.42 Å². The summed E-state index contributed by atoms with van der Waals surface area (Å²) in [5.74, 6) is 2.34. The zero-order chi connectivity index (χ0) is 12.4. The summed E-state index contributed by atoms with van der Waals surface area (Å²) in [6.45, 7) is 2.52. The lowest BCUT2D eigenvalue weighted by Gasteiger charge is -2.15. The van der Waals surface area contributed by atoms with Gasteiger partial charge in [-0.25, -0.2) is 4.98 Å². The third-order valence-corrected chi connectivity index (χ3v) is 4.13. The zero-order valence-corrected chi connectivity index (χ0v) is 11.1. The first-order chi connectivity index (χ1) is 8.86. The summed E-state index contributed by atoms with van der Waals surface area (Å²) in [7, 11) is 0. The van der Waals surface area contributed by atoms with Gasteiger partial charge in [-0.3, -0.25) is 0 Å². The van der Waals surface area contributed by atoms with Gasteiger partial charge in [0.1, 0.15) is 6.20 Å². The molecular formula is C14H15NO2S. The Morgan fingerprint density at radius 1 is 1.44 bits per heavy atom. The minimum absolute atomic E-state index is 0.486. The smallest absolute Gasteiger partial charge is 0.305 e. The average Bonchev–Trinajstić information content (AvgIpc) is 2.87. The van der Waals surface area contributed by atoms with Gasteiger partial charge in [0.15, 0.2) is 0 Å². The molecule has 4 heteroatoms. The van der Waals surface area contributed by atoms with Crippen LogP contribution in [0.15, 0.2) is 33.7 Å². The molecule has 2 aromatic rings. The fourth-order valence-electron chi connectivity index (χ4n) is 2.10. The number of thioether (sulfide) groups is 1. The normalized spacial score (nSPS) is 14.3. The van der Waals surface area contributed by atoms with E-state index in [0.717, 1.165) is 12.0 Å². The first-order valence-electron chi connectivity index (χ1n) is 6.21. The maximum Gasteiger partial charge on any atom is 0.305 e. The van der Waals surface area contributed by atoms with Crippen molar-refractivity contribution in [3.05, 3.63) is 30.0 Å². The van der Waals surface area contributed by atoms with E-state index in [-0.39, 0.29) is 0 Å². The molecule has 0 unspecified atom stereocenters. The molecule has 1 aromatic carbocycles. The van der Waals surface area contributed by atoms with Crippen LogP contribution in [-0.4, -0.2) is 17.3 Å². The summed E-state index contributed by atoms with van der Waals surface area (Å²) >= 11 is 1.93. The topological polar surface area (TPSA) is 35.3 Å². The van der Waals surface area contributed by atoms with Crippen molar-refractivity contribution < 1.29 is 9.15 Å². The lowest BCUT2D eigenvalue weighted by Crippen LogP contribution is -1.98. The summed E-state index contributed by atoms with van der Waals surface area (Å²) in [5.41, 5.74) is 2.43. The van der Waals surface area contributed by atoms with Crippen molar-refractivity contribution in [3.8, 4) is 17.4 Å². The monoisotopic (exact) mass is 261 g/mol. The lowest BCUT2D eigenvalue weighted by molar-refractivity contribution is 0.260. The average molecular weight is 261 g/mol. The number of benzene rings is 1. The lowest BCUT2D eigenvalue weighted by atomic mass is 10.1. The number of aryl methyl sites for hydroxylation is 1. The SMILES string of the molecule is CCOc1cnc(-c2ccc3c(c2)CCCS3)o1. The van der Waals surface area contributed by atoms with Crippen LogP contribution >= 0.6 is 11.8 Å². The Balaban J connectivity index is 1.91. The summed E-state index contributed by atoms with van der Waals surface area (Å²) in [6.07, 6.45) is 4.03. The molecule has 1 aromatic heterocycles.